The van der Waals surface area contributed by atoms with E-state index in [-0.39, 0.29) is 6.42 Å². The highest BCUT2D eigenvalue weighted by atomic mass is 32.1. The van der Waals surface area contributed by atoms with E-state index in [1.165, 1.54) is 11.3 Å². The maximum Gasteiger partial charge on any atom is 0.309 e. The van der Waals surface area contributed by atoms with Crippen LogP contribution < -0.4 is 0 Å². The Morgan fingerprint density at radius 1 is 1.62 bits per heavy atom. The molecule has 0 saturated carbocycles. The predicted molar refractivity (Wildman–Crippen MR) is 60.3 cm³/mol. The molecule has 0 bridgehead atoms. The highest BCUT2D eigenvalue weighted by Gasteiger charge is 2.10. The number of thiazole rings is 1. The molecule has 2 aromatic heterocycles. The van der Waals surface area contributed by atoms with E-state index in [9.17, 15) is 4.79 Å². The molecule has 0 saturated heterocycles. The molecule has 5 nitrogen and oxygen atoms in total. The van der Waals surface area contributed by atoms with Crippen LogP contribution >= 0.6 is 11.3 Å². The van der Waals surface area contributed by atoms with Crippen LogP contribution in [0.3, 0.4) is 0 Å². The Kier molecular flexibility index (Phi) is 3.00. The number of hydrogen-bond donors (Lipinski definition) is 1. The number of aryl methyl sites for hydroxylation is 1. The number of carbonyl (C=O) groups is 1. The Morgan fingerprint density at radius 2 is 2.44 bits per heavy atom. The van der Waals surface area contributed by atoms with Crippen LogP contribution in [0.25, 0.3) is 10.7 Å². The van der Waals surface area contributed by atoms with E-state index >= 15 is 0 Å². The van der Waals surface area contributed by atoms with Crippen molar-refractivity contribution in [2.75, 3.05) is 0 Å². The minimum atomic E-state index is -0.860. The molecule has 2 rings (SSSR count). The van der Waals surface area contributed by atoms with Gasteiger partial charge in [-0.2, -0.15) is 0 Å². The molecular weight excluding hydrogens is 226 g/mol. The van der Waals surface area contributed by atoms with Crippen molar-refractivity contribution in [1.82, 2.24) is 14.5 Å². The topological polar surface area (TPSA) is 68.0 Å². The highest BCUT2D eigenvalue weighted by Crippen LogP contribution is 2.23. The van der Waals surface area contributed by atoms with Crippen LogP contribution in [0, 0.1) is 0 Å². The van der Waals surface area contributed by atoms with Gasteiger partial charge in [0, 0.05) is 11.9 Å². The van der Waals surface area contributed by atoms with E-state index in [1.54, 1.807) is 17.9 Å². The molecule has 0 amide bonds. The van der Waals surface area contributed by atoms with Gasteiger partial charge in [-0.05, 0) is 6.92 Å². The van der Waals surface area contributed by atoms with E-state index in [4.69, 9.17) is 5.11 Å². The average molecular weight is 237 g/mol. The van der Waals surface area contributed by atoms with E-state index in [2.05, 4.69) is 9.97 Å². The van der Waals surface area contributed by atoms with Gasteiger partial charge in [-0.1, -0.05) is 0 Å². The van der Waals surface area contributed by atoms with Gasteiger partial charge in [0.25, 0.3) is 0 Å². The fraction of sp³-hybridized carbons (Fsp3) is 0.300. The van der Waals surface area contributed by atoms with Crippen LogP contribution in [0.1, 0.15) is 12.6 Å². The van der Waals surface area contributed by atoms with Crippen molar-refractivity contribution in [3.63, 3.8) is 0 Å². The normalized spacial score (nSPS) is 10.6. The number of carboxylic acids is 1. The molecule has 0 radical (unpaired) electrons. The van der Waals surface area contributed by atoms with Gasteiger partial charge < -0.3 is 9.67 Å². The van der Waals surface area contributed by atoms with Gasteiger partial charge in [-0.15, -0.1) is 11.3 Å². The summed E-state index contributed by atoms with van der Waals surface area (Å²) in [5.74, 6) is -0.860. The molecule has 0 spiro atoms. The third-order valence-electron chi connectivity index (χ3n) is 2.16. The molecule has 0 atom stereocenters. The lowest BCUT2D eigenvalue weighted by Gasteiger charge is -2.00. The van der Waals surface area contributed by atoms with Crippen molar-refractivity contribution >= 4 is 17.3 Å². The number of aliphatic carboxylic acids is 1. The lowest BCUT2D eigenvalue weighted by Crippen LogP contribution is -2.00. The van der Waals surface area contributed by atoms with E-state index in [0.717, 1.165) is 17.2 Å². The SMILES string of the molecule is CCn1cncc1-c1nc(CC(=O)O)cs1. The number of nitrogens with zero attached hydrogens (tertiary/aromatic N) is 3. The maximum atomic E-state index is 10.5. The molecule has 16 heavy (non-hydrogen) atoms. The van der Waals surface area contributed by atoms with Crippen molar-refractivity contribution in [1.29, 1.82) is 0 Å². The first-order valence-electron chi connectivity index (χ1n) is 4.87. The number of carboxylic acid groups (broad SMARTS) is 1. The van der Waals surface area contributed by atoms with Crippen LogP contribution in [0.2, 0.25) is 0 Å². The molecule has 6 heteroatoms. The van der Waals surface area contributed by atoms with Gasteiger partial charge in [0.05, 0.1) is 30.3 Å². The van der Waals surface area contributed by atoms with Gasteiger partial charge >= 0.3 is 5.97 Å². The molecule has 2 aromatic rings. The number of rotatable bonds is 4. The number of aromatic nitrogens is 3. The van der Waals surface area contributed by atoms with Gasteiger partial charge in [-0.25, -0.2) is 9.97 Å². The van der Waals surface area contributed by atoms with E-state index in [0.29, 0.717) is 5.69 Å². The summed E-state index contributed by atoms with van der Waals surface area (Å²) in [7, 11) is 0. The Bertz CT molecular complexity index is 504. The Balaban J connectivity index is 2.28. The lowest BCUT2D eigenvalue weighted by molar-refractivity contribution is -0.136. The molecule has 0 aromatic carbocycles. The fourth-order valence-corrected chi connectivity index (χ4v) is 2.26. The molecule has 0 fully saturated rings. The number of imidazole rings is 1. The maximum absolute atomic E-state index is 10.5. The van der Waals surface area contributed by atoms with E-state index in [1.807, 2.05) is 11.5 Å². The van der Waals surface area contributed by atoms with Crippen LogP contribution in [-0.2, 0) is 17.8 Å². The second-order valence-corrected chi connectivity index (χ2v) is 4.14. The Morgan fingerprint density at radius 3 is 3.12 bits per heavy atom. The molecule has 0 aliphatic carbocycles. The average Bonchev–Trinajstić information content (AvgIpc) is 2.83. The van der Waals surface area contributed by atoms with Gasteiger partial charge in [0.15, 0.2) is 0 Å². The molecular formula is C10H11N3O2S. The fourth-order valence-electron chi connectivity index (χ4n) is 1.41. The second kappa shape index (κ2) is 4.44. The second-order valence-electron chi connectivity index (χ2n) is 3.28. The summed E-state index contributed by atoms with van der Waals surface area (Å²) in [5, 5.41) is 11.2. The third kappa shape index (κ3) is 2.11. The van der Waals surface area contributed by atoms with Crippen LogP contribution in [0.4, 0.5) is 0 Å². The summed E-state index contributed by atoms with van der Waals surface area (Å²) in [4.78, 5) is 18.9. The smallest absolute Gasteiger partial charge is 0.309 e. The Labute approximate surface area is 96.4 Å². The van der Waals surface area contributed by atoms with Crippen LogP contribution in [0.5, 0.6) is 0 Å². The monoisotopic (exact) mass is 237 g/mol. The lowest BCUT2D eigenvalue weighted by atomic mass is 10.3. The molecule has 0 unspecified atom stereocenters. The van der Waals surface area contributed by atoms with Crippen molar-refractivity contribution in [3.05, 3.63) is 23.6 Å². The van der Waals surface area contributed by atoms with Crippen molar-refractivity contribution in [2.45, 2.75) is 19.9 Å². The van der Waals surface area contributed by atoms with Gasteiger partial charge in [-0.3, -0.25) is 4.79 Å². The van der Waals surface area contributed by atoms with Gasteiger partial charge in [0.2, 0.25) is 0 Å². The minimum absolute atomic E-state index is 0.0310. The summed E-state index contributed by atoms with van der Waals surface area (Å²) in [6.45, 7) is 2.85. The molecule has 0 aliphatic rings. The van der Waals surface area contributed by atoms with Crippen LogP contribution in [-0.4, -0.2) is 25.6 Å². The summed E-state index contributed by atoms with van der Waals surface area (Å²) in [6.07, 6.45) is 3.46. The Hall–Kier alpha value is -1.69. The minimum Gasteiger partial charge on any atom is -0.481 e. The first-order chi connectivity index (χ1) is 7.70. The van der Waals surface area contributed by atoms with Gasteiger partial charge in [0.1, 0.15) is 5.01 Å². The molecule has 0 aliphatic heterocycles. The summed E-state index contributed by atoms with van der Waals surface area (Å²) < 4.78 is 1.98. The largest absolute Gasteiger partial charge is 0.481 e. The third-order valence-corrected chi connectivity index (χ3v) is 3.07. The van der Waals surface area contributed by atoms with Crippen molar-refractivity contribution in [3.8, 4) is 10.7 Å². The van der Waals surface area contributed by atoms with Crippen molar-refractivity contribution in [2.24, 2.45) is 0 Å². The summed E-state index contributed by atoms with van der Waals surface area (Å²) in [6, 6.07) is 0. The number of hydrogen-bond acceptors (Lipinski definition) is 4. The first kappa shape index (κ1) is 10.8. The van der Waals surface area contributed by atoms with Crippen molar-refractivity contribution < 1.29 is 9.90 Å². The zero-order valence-electron chi connectivity index (χ0n) is 8.75. The standard InChI is InChI=1S/C10H11N3O2S/c1-2-13-6-11-4-8(13)10-12-7(5-16-10)3-9(14)15/h4-6H,2-3H2,1H3,(H,14,15). The quantitative estimate of drug-likeness (QED) is 0.878. The predicted octanol–water partition coefficient (Wildman–Crippen LogP) is 1.65. The van der Waals surface area contributed by atoms with Crippen LogP contribution in [0.15, 0.2) is 17.9 Å². The zero-order chi connectivity index (χ0) is 11.5. The summed E-state index contributed by atoms with van der Waals surface area (Å²) in [5.41, 5.74) is 1.53. The molecule has 84 valence electrons. The first-order valence-corrected chi connectivity index (χ1v) is 5.75. The molecule has 2 heterocycles. The molecule has 1 N–H and O–H groups in total. The van der Waals surface area contributed by atoms with E-state index < -0.39 is 5.97 Å². The summed E-state index contributed by atoms with van der Waals surface area (Å²) >= 11 is 1.44. The zero-order valence-corrected chi connectivity index (χ0v) is 9.57. The highest BCUT2D eigenvalue weighted by molar-refractivity contribution is 7.13.